The minimum absolute atomic E-state index is 0.0650. The maximum atomic E-state index is 12.9. The van der Waals surface area contributed by atoms with Crippen LogP contribution in [0.25, 0.3) is 16.6 Å². The Labute approximate surface area is 152 Å². The minimum Gasteiger partial charge on any atom is -0.387 e. The predicted octanol–water partition coefficient (Wildman–Crippen LogP) is 3.69. The van der Waals surface area contributed by atoms with E-state index in [9.17, 15) is 9.90 Å². The molecule has 2 aromatic carbocycles. The molecular formula is C18H13Cl2N3O2. The Morgan fingerprint density at radius 3 is 2.60 bits per heavy atom. The Hall–Kier alpha value is -2.34. The van der Waals surface area contributed by atoms with Crippen molar-refractivity contribution in [3.05, 3.63) is 81.0 Å². The quantitative estimate of drug-likeness (QED) is 0.595. The SMILES string of the molecule is O=c1c2ccccc2n2cncc2n1CC(O)c1cc(Cl)cc(Cl)c1. The molecule has 0 aliphatic heterocycles. The zero-order valence-corrected chi connectivity index (χ0v) is 14.4. The summed E-state index contributed by atoms with van der Waals surface area (Å²) in [5.74, 6) is 0. The van der Waals surface area contributed by atoms with Crippen molar-refractivity contribution in [3.63, 3.8) is 0 Å². The van der Waals surface area contributed by atoms with Gasteiger partial charge in [0.25, 0.3) is 5.56 Å². The van der Waals surface area contributed by atoms with Crippen molar-refractivity contribution in [2.45, 2.75) is 12.6 Å². The summed E-state index contributed by atoms with van der Waals surface area (Å²) in [7, 11) is 0. The molecule has 2 aromatic heterocycles. The minimum atomic E-state index is -0.936. The fraction of sp³-hybridized carbons (Fsp3) is 0.111. The van der Waals surface area contributed by atoms with Gasteiger partial charge in [-0.2, -0.15) is 0 Å². The fourth-order valence-electron chi connectivity index (χ4n) is 3.01. The van der Waals surface area contributed by atoms with Crippen LogP contribution in [0.2, 0.25) is 10.0 Å². The molecule has 0 bridgehead atoms. The van der Waals surface area contributed by atoms with Gasteiger partial charge in [-0.05, 0) is 35.9 Å². The average Bonchev–Trinajstić information content (AvgIpc) is 3.07. The van der Waals surface area contributed by atoms with Gasteiger partial charge in [0, 0.05) is 10.0 Å². The molecule has 0 aliphatic carbocycles. The summed E-state index contributed by atoms with van der Waals surface area (Å²) in [6, 6.07) is 12.2. The van der Waals surface area contributed by atoms with Crippen LogP contribution in [0.3, 0.4) is 0 Å². The van der Waals surface area contributed by atoms with Crippen LogP contribution in [-0.4, -0.2) is 19.1 Å². The molecule has 1 unspecified atom stereocenters. The molecule has 1 N–H and O–H groups in total. The molecule has 0 amide bonds. The van der Waals surface area contributed by atoms with E-state index in [4.69, 9.17) is 23.2 Å². The van der Waals surface area contributed by atoms with Crippen LogP contribution >= 0.6 is 23.2 Å². The number of aromatic nitrogens is 3. The van der Waals surface area contributed by atoms with Gasteiger partial charge in [0.05, 0.1) is 29.7 Å². The highest BCUT2D eigenvalue weighted by Crippen LogP contribution is 2.25. The number of benzene rings is 2. The van der Waals surface area contributed by atoms with Crippen molar-refractivity contribution in [2.24, 2.45) is 0 Å². The number of halogens is 2. The van der Waals surface area contributed by atoms with E-state index >= 15 is 0 Å². The first-order valence-electron chi connectivity index (χ1n) is 7.62. The lowest BCUT2D eigenvalue weighted by molar-refractivity contribution is 0.156. The average molecular weight is 374 g/mol. The Balaban J connectivity index is 1.87. The number of aliphatic hydroxyl groups is 1. The lowest BCUT2D eigenvalue weighted by Crippen LogP contribution is -2.25. The van der Waals surface area contributed by atoms with Gasteiger partial charge < -0.3 is 5.11 Å². The molecule has 126 valence electrons. The molecule has 0 saturated heterocycles. The van der Waals surface area contributed by atoms with Crippen molar-refractivity contribution in [2.75, 3.05) is 0 Å². The zero-order chi connectivity index (χ0) is 17.6. The summed E-state index contributed by atoms with van der Waals surface area (Å²) in [5.41, 5.74) is 1.75. The van der Waals surface area contributed by atoms with Gasteiger partial charge in [-0.1, -0.05) is 35.3 Å². The van der Waals surface area contributed by atoms with Crippen molar-refractivity contribution in [3.8, 4) is 0 Å². The standard InChI is InChI=1S/C18H13Cl2N3O2/c19-12-5-11(6-13(20)7-12)16(24)9-22-17-8-21-10-23(17)15-4-2-1-3-14(15)18(22)25/h1-8,10,16,24H,9H2. The number of nitrogens with zero attached hydrogens (tertiary/aromatic N) is 3. The topological polar surface area (TPSA) is 59.5 Å². The predicted molar refractivity (Wildman–Crippen MR) is 98.4 cm³/mol. The fourth-order valence-corrected chi connectivity index (χ4v) is 3.55. The molecular weight excluding hydrogens is 361 g/mol. The van der Waals surface area contributed by atoms with Crippen LogP contribution in [-0.2, 0) is 6.54 Å². The summed E-state index contributed by atoms with van der Waals surface area (Å²) in [6.07, 6.45) is 2.32. The number of imidazole rings is 1. The van der Waals surface area contributed by atoms with E-state index in [1.54, 1.807) is 36.8 Å². The second kappa shape index (κ2) is 6.19. The molecule has 0 radical (unpaired) electrons. The molecule has 0 aliphatic rings. The first-order chi connectivity index (χ1) is 12.0. The highest BCUT2D eigenvalue weighted by atomic mass is 35.5. The highest BCUT2D eigenvalue weighted by molar-refractivity contribution is 6.34. The Bertz CT molecular complexity index is 1130. The lowest BCUT2D eigenvalue weighted by Gasteiger charge is -2.16. The van der Waals surface area contributed by atoms with Crippen LogP contribution in [0.15, 0.2) is 59.8 Å². The van der Waals surface area contributed by atoms with E-state index in [1.807, 2.05) is 22.6 Å². The van der Waals surface area contributed by atoms with Crippen LogP contribution in [0.1, 0.15) is 11.7 Å². The summed E-state index contributed by atoms with van der Waals surface area (Å²) in [6.45, 7) is 0.0650. The van der Waals surface area contributed by atoms with Crippen LogP contribution in [0, 0.1) is 0 Å². The van der Waals surface area contributed by atoms with Crippen LogP contribution in [0.5, 0.6) is 0 Å². The summed E-state index contributed by atoms with van der Waals surface area (Å²) >= 11 is 12.0. The first kappa shape index (κ1) is 16.1. The van der Waals surface area contributed by atoms with Gasteiger partial charge in [0.1, 0.15) is 12.0 Å². The number of hydrogen-bond donors (Lipinski definition) is 1. The Morgan fingerprint density at radius 2 is 1.84 bits per heavy atom. The molecule has 7 heteroatoms. The van der Waals surface area contributed by atoms with Gasteiger partial charge in [0.15, 0.2) is 0 Å². The molecule has 5 nitrogen and oxygen atoms in total. The van der Waals surface area contributed by atoms with Crippen molar-refractivity contribution in [1.82, 2.24) is 14.0 Å². The number of rotatable bonds is 3. The second-order valence-electron chi connectivity index (χ2n) is 5.77. The lowest BCUT2D eigenvalue weighted by atomic mass is 10.1. The summed E-state index contributed by atoms with van der Waals surface area (Å²) < 4.78 is 3.34. The van der Waals surface area contributed by atoms with Gasteiger partial charge >= 0.3 is 0 Å². The number of para-hydroxylation sites is 1. The van der Waals surface area contributed by atoms with E-state index in [2.05, 4.69) is 4.98 Å². The molecule has 0 saturated carbocycles. The van der Waals surface area contributed by atoms with Crippen LogP contribution in [0.4, 0.5) is 0 Å². The van der Waals surface area contributed by atoms with Crippen molar-refractivity contribution >= 4 is 39.8 Å². The normalized spacial score (nSPS) is 12.8. The first-order valence-corrected chi connectivity index (χ1v) is 8.38. The molecule has 4 rings (SSSR count). The second-order valence-corrected chi connectivity index (χ2v) is 6.65. The largest absolute Gasteiger partial charge is 0.387 e. The van der Waals surface area contributed by atoms with E-state index in [0.717, 1.165) is 5.52 Å². The van der Waals surface area contributed by atoms with Gasteiger partial charge in [-0.3, -0.25) is 13.8 Å². The summed E-state index contributed by atoms with van der Waals surface area (Å²) in [5, 5.41) is 12.0. The van der Waals surface area contributed by atoms with Crippen molar-refractivity contribution < 1.29 is 5.11 Å². The molecule has 0 fully saturated rings. The monoisotopic (exact) mass is 373 g/mol. The molecule has 1 atom stereocenters. The third-order valence-electron chi connectivity index (χ3n) is 4.16. The smallest absolute Gasteiger partial charge is 0.261 e. The Kier molecular flexibility index (Phi) is 4.00. The third-order valence-corrected chi connectivity index (χ3v) is 4.60. The van der Waals surface area contributed by atoms with E-state index < -0.39 is 6.10 Å². The van der Waals surface area contributed by atoms with E-state index in [1.165, 1.54) is 4.57 Å². The number of fused-ring (bicyclic) bond motifs is 3. The summed E-state index contributed by atoms with van der Waals surface area (Å²) in [4.78, 5) is 17.0. The van der Waals surface area contributed by atoms with E-state index in [-0.39, 0.29) is 12.1 Å². The number of hydrogen-bond acceptors (Lipinski definition) is 3. The molecule has 25 heavy (non-hydrogen) atoms. The zero-order valence-electron chi connectivity index (χ0n) is 12.9. The molecule has 2 heterocycles. The Morgan fingerprint density at radius 1 is 1.12 bits per heavy atom. The molecule has 0 spiro atoms. The maximum absolute atomic E-state index is 12.9. The molecule has 4 aromatic rings. The van der Waals surface area contributed by atoms with Crippen molar-refractivity contribution in [1.29, 1.82) is 0 Å². The third kappa shape index (κ3) is 2.80. The highest BCUT2D eigenvalue weighted by Gasteiger charge is 2.16. The van der Waals surface area contributed by atoms with Gasteiger partial charge in [0.2, 0.25) is 0 Å². The van der Waals surface area contributed by atoms with Gasteiger partial charge in [-0.25, -0.2) is 4.98 Å². The number of aliphatic hydroxyl groups excluding tert-OH is 1. The van der Waals surface area contributed by atoms with Gasteiger partial charge in [-0.15, -0.1) is 0 Å². The van der Waals surface area contributed by atoms with Crippen LogP contribution < -0.4 is 5.56 Å². The maximum Gasteiger partial charge on any atom is 0.261 e. The van der Waals surface area contributed by atoms with E-state index in [0.29, 0.717) is 26.6 Å².